The van der Waals surface area contributed by atoms with Crippen molar-refractivity contribution in [3.05, 3.63) is 65.2 Å². The zero-order valence-electron chi connectivity index (χ0n) is 18.7. The van der Waals surface area contributed by atoms with Crippen LogP contribution in [0.2, 0.25) is 5.02 Å². The van der Waals surface area contributed by atoms with Gasteiger partial charge in [0.15, 0.2) is 0 Å². The van der Waals surface area contributed by atoms with E-state index in [1.54, 1.807) is 30.3 Å². The molecule has 1 N–H and O–H groups in total. The molecule has 0 saturated carbocycles. The van der Waals surface area contributed by atoms with Crippen molar-refractivity contribution in [3.8, 4) is 0 Å². The Morgan fingerprint density at radius 3 is 2.21 bits per heavy atom. The van der Waals surface area contributed by atoms with Crippen molar-refractivity contribution < 1.29 is 13.2 Å². The summed E-state index contributed by atoms with van der Waals surface area (Å²) in [6.07, 6.45) is 2.32. The van der Waals surface area contributed by atoms with Crippen LogP contribution in [0.15, 0.2) is 59.5 Å². The number of nitrogens with zero attached hydrogens (tertiary/aromatic N) is 3. The number of carbonyl (C=O) groups excluding carboxylic acids is 1. The number of carbonyl (C=O) groups is 1. The Labute approximate surface area is 201 Å². The number of amides is 1. The fourth-order valence-electron chi connectivity index (χ4n) is 4.57. The van der Waals surface area contributed by atoms with Crippen LogP contribution in [0.3, 0.4) is 0 Å². The molecular weight excluding hydrogens is 460 g/mol. The van der Waals surface area contributed by atoms with E-state index in [9.17, 15) is 13.2 Å². The summed E-state index contributed by atoms with van der Waals surface area (Å²) in [6, 6.07) is 16.4. The largest absolute Gasteiger partial charge is 0.353 e. The first kappa shape index (κ1) is 24.2. The first-order chi connectivity index (χ1) is 15.9. The third-order valence-electron chi connectivity index (χ3n) is 6.42. The van der Waals surface area contributed by atoms with Gasteiger partial charge in [0.1, 0.15) is 0 Å². The van der Waals surface area contributed by atoms with Gasteiger partial charge in [0.05, 0.1) is 17.5 Å². The Morgan fingerprint density at radius 1 is 0.909 bits per heavy atom. The van der Waals surface area contributed by atoms with Crippen LogP contribution in [-0.2, 0) is 14.8 Å². The smallest absolute Gasteiger partial charge is 0.243 e. The average molecular weight is 491 g/mol. The molecule has 0 spiro atoms. The van der Waals surface area contributed by atoms with Crippen LogP contribution < -0.4 is 5.32 Å². The number of nitrogens with one attached hydrogen (secondary N) is 1. The molecule has 2 heterocycles. The summed E-state index contributed by atoms with van der Waals surface area (Å²) in [5, 5.41) is 3.81. The molecule has 0 aromatic heterocycles. The minimum Gasteiger partial charge on any atom is -0.353 e. The van der Waals surface area contributed by atoms with E-state index < -0.39 is 10.0 Å². The van der Waals surface area contributed by atoms with E-state index in [4.69, 9.17) is 11.6 Å². The maximum atomic E-state index is 12.8. The molecule has 178 valence electrons. The Bertz CT molecular complexity index is 1040. The van der Waals surface area contributed by atoms with Gasteiger partial charge in [-0.15, -0.1) is 0 Å². The van der Waals surface area contributed by atoms with E-state index >= 15 is 0 Å². The molecule has 1 atom stereocenters. The lowest BCUT2D eigenvalue weighted by Gasteiger charge is -2.34. The molecule has 33 heavy (non-hydrogen) atoms. The van der Waals surface area contributed by atoms with Gasteiger partial charge in [-0.2, -0.15) is 4.31 Å². The molecule has 7 nitrogen and oxygen atoms in total. The van der Waals surface area contributed by atoms with Crippen molar-refractivity contribution in [2.24, 2.45) is 0 Å². The van der Waals surface area contributed by atoms with E-state index in [1.165, 1.54) is 4.31 Å². The molecule has 2 aliphatic rings. The van der Waals surface area contributed by atoms with Gasteiger partial charge in [0, 0.05) is 37.7 Å². The zero-order chi connectivity index (χ0) is 23.3. The summed E-state index contributed by atoms with van der Waals surface area (Å²) in [7, 11) is -3.49. The molecule has 1 unspecified atom stereocenters. The number of sulfonamides is 1. The predicted octanol–water partition coefficient (Wildman–Crippen LogP) is 2.60. The molecule has 2 saturated heterocycles. The van der Waals surface area contributed by atoms with Crippen molar-refractivity contribution >= 4 is 27.5 Å². The summed E-state index contributed by atoms with van der Waals surface area (Å²) < 4.78 is 27.1. The van der Waals surface area contributed by atoms with Crippen LogP contribution in [0.25, 0.3) is 0 Å². The maximum Gasteiger partial charge on any atom is 0.243 e. The zero-order valence-corrected chi connectivity index (χ0v) is 20.3. The van der Waals surface area contributed by atoms with Gasteiger partial charge < -0.3 is 5.32 Å². The second kappa shape index (κ2) is 11.0. The van der Waals surface area contributed by atoms with E-state index in [0.717, 1.165) is 36.5 Å². The van der Waals surface area contributed by atoms with Gasteiger partial charge in [-0.1, -0.05) is 48.0 Å². The first-order valence-corrected chi connectivity index (χ1v) is 13.3. The van der Waals surface area contributed by atoms with Crippen molar-refractivity contribution in [3.63, 3.8) is 0 Å². The normalized spacial score (nSPS) is 19.4. The quantitative estimate of drug-likeness (QED) is 0.615. The Balaban J connectivity index is 1.30. The summed E-state index contributed by atoms with van der Waals surface area (Å²) in [5.74, 6) is -0.0504. The summed E-state index contributed by atoms with van der Waals surface area (Å²) in [4.78, 5) is 17.4. The van der Waals surface area contributed by atoms with Crippen LogP contribution in [-0.4, -0.2) is 80.8 Å². The molecule has 9 heteroatoms. The van der Waals surface area contributed by atoms with Gasteiger partial charge in [-0.25, -0.2) is 8.42 Å². The topological polar surface area (TPSA) is 73.0 Å². The fourth-order valence-corrected chi connectivity index (χ4v) is 6.28. The summed E-state index contributed by atoms with van der Waals surface area (Å²) in [6.45, 7) is 4.58. The highest BCUT2D eigenvalue weighted by atomic mass is 35.5. The van der Waals surface area contributed by atoms with Gasteiger partial charge in [0.2, 0.25) is 15.9 Å². The van der Waals surface area contributed by atoms with Crippen molar-refractivity contribution in [1.29, 1.82) is 0 Å². The Hall–Kier alpha value is -1.97. The fraction of sp³-hybridized carbons (Fsp3) is 0.458. The number of rotatable bonds is 8. The molecule has 2 fully saturated rings. The second-order valence-corrected chi connectivity index (χ2v) is 10.9. The number of halogens is 1. The van der Waals surface area contributed by atoms with E-state index in [2.05, 4.69) is 10.2 Å². The van der Waals surface area contributed by atoms with Gasteiger partial charge in [-0.3, -0.25) is 14.6 Å². The lowest BCUT2D eigenvalue weighted by molar-refractivity contribution is -0.122. The van der Waals surface area contributed by atoms with Gasteiger partial charge in [-0.05, 0) is 49.7 Å². The van der Waals surface area contributed by atoms with Gasteiger partial charge in [0.25, 0.3) is 0 Å². The van der Waals surface area contributed by atoms with E-state index in [-0.39, 0.29) is 18.5 Å². The minimum absolute atomic E-state index is 0.0504. The third-order valence-corrected chi connectivity index (χ3v) is 8.67. The summed E-state index contributed by atoms with van der Waals surface area (Å²) in [5.41, 5.74) is 1.04. The lowest BCUT2D eigenvalue weighted by Crippen LogP contribution is -2.51. The molecule has 0 bridgehead atoms. The van der Waals surface area contributed by atoms with Crippen LogP contribution in [0.5, 0.6) is 0 Å². The molecule has 2 aromatic rings. The highest BCUT2D eigenvalue weighted by Gasteiger charge is 2.29. The third kappa shape index (κ3) is 5.94. The monoisotopic (exact) mass is 490 g/mol. The second-order valence-electron chi connectivity index (χ2n) is 8.58. The molecule has 1 amide bonds. The number of benzene rings is 2. The number of likely N-dealkylation sites (tertiary alicyclic amines) is 1. The summed E-state index contributed by atoms with van der Waals surface area (Å²) >= 11 is 6.46. The molecule has 0 radical (unpaired) electrons. The molecule has 2 aromatic carbocycles. The Kier molecular flexibility index (Phi) is 8.03. The van der Waals surface area contributed by atoms with Crippen molar-refractivity contribution in [1.82, 2.24) is 19.4 Å². The van der Waals surface area contributed by atoms with Gasteiger partial charge >= 0.3 is 0 Å². The number of hydrogen-bond donors (Lipinski definition) is 1. The van der Waals surface area contributed by atoms with Crippen molar-refractivity contribution in [2.45, 2.75) is 23.8 Å². The SMILES string of the molecule is O=C(CN1CCN(S(=O)(=O)c2ccccc2)CC1)NCC(c1ccccc1Cl)N1CCCC1. The minimum atomic E-state index is -3.49. The highest BCUT2D eigenvalue weighted by molar-refractivity contribution is 7.89. The molecule has 2 aliphatic heterocycles. The number of hydrogen-bond acceptors (Lipinski definition) is 5. The molecule has 4 rings (SSSR count). The number of piperazine rings is 1. The van der Waals surface area contributed by atoms with Crippen LogP contribution in [0.1, 0.15) is 24.4 Å². The maximum absolute atomic E-state index is 12.8. The van der Waals surface area contributed by atoms with Crippen LogP contribution in [0.4, 0.5) is 0 Å². The molecular formula is C24H31ClN4O3S. The Morgan fingerprint density at radius 2 is 1.55 bits per heavy atom. The van der Waals surface area contributed by atoms with Crippen molar-refractivity contribution in [2.75, 3.05) is 52.4 Å². The standard InChI is InChI=1S/C24H31ClN4O3S/c25-22-11-5-4-10-21(22)23(28-12-6-7-13-28)18-26-24(30)19-27-14-16-29(17-15-27)33(31,32)20-8-2-1-3-9-20/h1-5,8-11,23H,6-7,12-19H2,(H,26,30). The molecule has 0 aliphatic carbocycles. The predicted molar refractivity (Wildman–Crippen MR) is 130 cm³/mol. The van der Waals surface area contributed by atoms with E-state index in [0.29, 0.717) is 37.6 Å². The first-order valence-electron chi connectivity index (χ1n) is 11.5. The lowest BCUT2D eigenvalue weighted by atomic mass is 10.1. The highest BCUT2D eigenvalue weighted by Crippen LogP contribution is 2.29. The van der Waals surface area contributed by atoms with Crippen LogP contribution in [0, 0.1) is 0 Å². The van der Waals surface area contributed by atoms with Crippen LogP contribution >= 0.6 is 11.6 Å². The average Bonchev–Trinajstić information content (AvgIpc) is 3.36. The van der Waals surface area contributed by atoms with E-state index in [1.807, 2.05) is 29.2 Å².